The summed E-state index contributed by atoms with van der Waals surface area (Å²) in [6.07, 6.45) is -3.76. The van der Waals surface area contributed by atoms with Crippen molar-refractivity contribution in [1.29, 1.82) is 0 Å². The molecule has 0 unspecified atom stereocenters. The molecule has 1 aromatic rings. The lowest BCUT2D eigenvalue weighted by Crippen LogP contribution is -2.54. The maximum Gasteiger partial charge on any atom is 0.416 e. The lowest BCUT2D eigenvalue weighted by molar-refractivity contribution is -0.137. The first kappa shape index (κ1) is 18.7. The molecule has 124 valence electrons. The largest absolute Gasteiger partial charge is 0.416 e. The average Bonchev–Trinajstić information content (AvgIpc) is 2.40. The van der Waals surface area contributed by atoms with E-state index in [0.29, 0.717) is 31.6 Å². The minimum Gasteiger partial charge on any atom is -0.381 e. The van der Waals surface area contributed by atoms with E-state index >= 15 is 0 Å². The van der Waals surface area contributed by atoms with Crippen molar-refractivity contribution in [2.45, 2.75) is 31.5 Å². The third kappa shape index (κ3) is 4.12. The summed E-state index contributed by atoms with van der Waals surface area (Å²) in [4.78, 5) is 12.2. The molecule has 0 spiro atoms. The fourth-order valence-corrected chi connectivity index (χ4v) is 2.14. The van der Waals surface area contributed by atoms with Gasteiger partial charge in [-0.1, -0.05) is 6.07 Å². The van der Waals surface area contributed by atoms with Gasteiger partial charge in [0.1, 0.15) is 5.54 Å². The fourth-order valence-electron chi connectivity index (χ4n) is 2.14. The summed E-state index contributed by atoms with van der Waals surface area (Å²) in [5.74, 6) is -0.478. The molecule has 1 aliphatic heterocycles. The van der Waals surface area contributed by atoms with Crippen molar-refractivity contribution in [3.8, 4) is 0 Å². The summed E-state index contributed by atoms with van der Waals surface area (Å²) in [5.41, 5.74) is 4.79. The number of carbonyl (C=O) groups is 1. The lowest BCUT2D eigenvalue weighted by atomic mass is 9.90. The van der Waals surface area contributed by atoms with Gasteiger partial charge in [-0.2, -0.15) is 13.2 Å². The van der Waals surface area contributed by atoms with Crippen LogP contribution in [0.5, 0.6) is 0 Å². The standard InChI is InChI=1S/C14H17F3N2O2.ClH/c1-9-2-3-10(14(15,16)17)8-11(9)19-12(20)13(18)4-6-21-7-5-13;/h2-3,8H,4-7,18H2,1H3,(H,19,20);1H. The molecule has 1 fully saturated rings. The smallest absolute Gasteiger partial charge is 0.381 e. The molecule has 0 atom stereocenters. The van der Waals surface area contributed by atoms with Crippen LogP contribution in [-0.2, 0) is 15.7 Å². The second-order valence-electron chi connectivity index (χ2n) is 5.25. The van der Waals surface area contributed by atoms with Crippen LogP contribution < -0.4 is 11.1 Å². The van der Waals surface area contributed by atoms with Crippen LogP contribution in [0.1, 0.15) is 24.0 Å². The van der Waals surface area contributed by atoms with Gasteiger partial charge in [0.05, 0.1) is 5.56 Å². The van der Waals surface area contributed by atoms with E-state index in [1.54, 1.807) is 6.92 Å². The van der Waals surface area contributed by atoms with Crippen molar-refractivity contribution in [3.63, 3.8) is 0 Å². The number of aryl methyl sites for hydroxylation is 1. The number of hydrogen-bond acceptors (Lipinski definition) is 3. The Balaban J connectivity index is 0.00000242. The van der Waals surface area contributed by atoms with Gasteiger partial charge < -0.3 is 15.8 Å². The van der Waals surface area contributed by atoms with Gasteiger partial charge in [-0.25, -0.2) is 0 Å². The monoisotopic (exact) mass is 338 g/mol. The van der Waals surface area contributed by atoms with Crippen LogP contribution in [0.15, 0.2) is 18.2 Å². The Hall–Kier alpha value is -1.31. The van der Waals surface area contributed by atoms with Gasteiger partial charge in [-0.05, 0) is 37.5 Å². The van der Waals surface area contributed by atoms with Gasteiger partial charge in [-0.15, -0.1) is 12.4 Å². The minimum atomic E-state index is -4.45. The van der Waals surface area contributed by atoms with Gasteiger partial charge >= 0.3 is 6.18 Å². The zero-order chi connectivity index (χ0) is 15.7. The molecule has 4 nitrogen and oxygen atoms in total. The molecule has 1 amide bonds. The molecule has 0 aromatic heterocycles. The van der Waals surface area contributed by atoms with Crippen LogP contribution in [0.3, 0.4) is 0 Å². The first-order valence-corrected chi connectivity index (χ1v) is 6.58. The van der Waals surface area contributed by atoms with Gasteiger partial charge in [0.15, 0.2) is 0 Å². The van der Waals surface area contributed by atoms with Crippen molar-refractivity contribution in [2.24, 2.45) is 5.73 Å². The zero-order valence-corrected chi connectivity index (χ0v) is 12.8. The van der Waals surface area contributed by atoms with Crippen LogP contribution in [0, 0.1) is 6.92 Å². The summed E-state index contributed by atoms with van der Waals surface area (Å²) >= 11 is 0. The Morgan fingerprint density at radius 3 is 2.45 bits per heavy atom. The lowest BCUT2D eigenvalue weighted by Gasteiger charge is -2.32. The number of amides is 1. The van der Waals surface area contributed by atoms with Crippen LogP contribution in [0.25, 0.3) is 0 Å². The minimum absolute atomic E-state index is 0. The Labute approximate surface area is 132 Å². The Morgan fingerprint density at radius 2 is 1.91 bits per heavy atom. The summed E-state index contributed by atoms with van der Waals surface area (Å²) < 4.78 is 43.3. The number of benzene rings is 1. The molecule has 1 aromatic carbocycles. The molecule has 22 heavy (non-hydrogen) atoms. The van der Waals surface area contributed by atoms with Crippen LogP contribution in [0.2, 0.25) is 0 Å². The molecule has 1 aliphatic rings. The maximum absolute atomic E-state index is 12.7. The third-order valence-electron chi connectivity index (χ3n) is 3.65. The highest BCUT2D eigenvalue weighted by molar-refractivity contribution is 5.98. The number of nitrogens with one attached hydrogen (secondary N) is 1. The predicted molar refractivity (Wildman–Crippen MR) is 79.0 cm³/mol. The number of alkyl halides is 3. The summed E-state index contributed by atoms with van der Waals surface area (Å²) in [6, 6.07) is 3.24. The SMILES string of the molecule is Cc1ccc(C(F)(F)F)cc1NC(=O)C1(N)CCOCC1.Cl. The van der Waals surface area contributed by atoms with Crippen LogP contribution in [-0.4, -0.2) is 24.7 Å². The number of anilines is 1. The van der Waals surface area contributed by atoms with Crippen molar-refractivity contribution >= 4 is 24.0 Å². The third-order valence-corrected chi connectivity index (χ3v) is 3.65. The first-order valence-electron chi connectivity index (χ1n) is 6.58. The Kier molecular flexibility index (Phi) is 5.83. The first-order chi connectivity index (χ1) is 9.72. The topological polar surface area (TPSA) is 64.4 Å². The highest BCUT2D eigenvalue weighted by Gasteiger charge is 2.36. The number of carbonyl (C=O) groups excluding carboxylic acids is 1. The highest BCUT2D eigenvalue weighted by atomic mass is 35.5. The zero-order valence-electron chi connectivity index (χ0n) is 12.0. The number of halogens is 4. The van der Waals surface area contributed by atoms with E-state index in [0.717, 1.165) is 12.1 Å². The predicted octanol–water partition coefficient (Wildman–Crippen LogP) is 2.88. The van der Waals surface area contributed by atoms with E-state index in [4.69, 9.17) is 10.5 Å². The number of hydrogen-bond donors (Lipinski definition) is 2. The number of nitrogens with two attached hydrogens (primary N) is 1. The summed E-state index contributed by atoms with van der Waals surface area (Å²) in [6.45, 7) is 2.36. The second kappa shape index (κ2) is 6.85. The van der Waals surface area contributed by atoms with Gasteiger partial charge in [0.2, 0.25) is 5.91 Å². The summed E-state index contributed by atoms with van der Waals surface area (Å²) in [5, 5.41) is 2.51. The normalized spacial score (nSPS) is 17.5. The fraction of sp³-hybridized carbons (Fsp3) is 0.500. The van der Waals surface area contributed by atoms with E-state index in [9.17, 15) is 18.0 Å². The van der Waals surface area contributed by atoms with Crippen LogP contribution in [0.4, 0.5) is 18.9 Å². The molecule has 2 rings (SSSR count). The molecule has 8 heteroatoms. The van der Waals surface area contributed by atoms with E-state index in [1.165, 1.54) is 6.07 Å². The number of rotatable bonds is 2. The molecule has 3 N–H and O–H groups in total. The van der Waals surface area contributed by atoms with Gasteiger partial charge in [0, 0.05) is 18.9 Å². The van der Waals surface area contributed by atoms with E-state index in [1.807, 2.05) is 0 Å². The molecular weight excluding hydrogens is 321 g/mol. The molecule has 0 aliphatic carbocycles. The van der Waals surface area contributed by atoms with Gasteiger partial charge in [-0.3, -0.25) is 4.79 Å². The Morgan fingerprint density at radius 1 is 1.32 bits per heavy atom. The van der Waals surface area contributed by atoms with E-state index in [-0.39, 0.29) is 18.1 Å². The highest BCUT2D eigenvalue weighted by Crippen LogP contribution is 2.32. The quantitative estimate of drug-likeness (QED) is 0.871. The van der Waals surface area contributed by atoms with Crippen molar-refractivity contribution in [1.82, 2.24) is 0 Å². The van der Waals surface area contributed by atoms with Gasteiger partial charge in [0.25, 0.3) is 0 Å². The number of ether oxygens (including phenoxy) is 1. The van der Waals surface area contributed by atoms with Crippen molar-refractivity contribution in [3.05, 3.63) is 29.3 Å². The average molecular weight is 339 g/mol. The van der Waals surface area contributed by atoms with Crippen molar-refractivity contribution < 1.29 is 22.7 Å². The molecular formula is C14H18ClF3N2O2. The molecule has 0 radical (unpaired) electrons. The molecule has 0 bridgehead atoms. The van der Waals surface area contributed by atoms with E-state index in [2.05, 4.69) is 5.32 Å². The molecule has 1 heterocycles. The maximum atomic E-state index is 12.7. The van der Waals surface area contributed by atoms with Crippen LogP contribution >= 0.6 is 12.4 Å². The molecule has 0 saturated carbocycles. The molecule has 1 saturated heterocycles. The van der Waals surface area contributed by atoms with E-state index < -0.39 is 23.2 Å². The summed E-state index contributed by atoms with van der Waals surface area (Å²) in [7, 11) is 0. The van der Waals surface area contributed by atoms with Crippen molar-refractivity contribution in [2.75, 3.05) is 18.5 Å². The second-order valence-corrected chi connectivity index (χ2v) is 5.25. The Bertz CT molecular complexity index is 543.